The van der Waals surface area contributed by atoms with Crippen LogP contribution in [-0.4, -0.2) is 50.1 Å². The van der Waals surface area contributed by atoms with Crippen molar-refractivity contribution in [2.45, 2.75) is 32.2 Å². The molecule has 0 bridgehead atoms. The Morgan fingerprint density at radius 3 is 2.50 bits per heavy atom. The Balaban J connectivity index is 1.99. The highest BCUT2D eigenvalue weighted by Crippen LogP contribution is 2.15. The maximum absolute atomic E-state index is 11.6. The summed E-state index contributed by atoms with van der Waals surface area (Å²) in [5.74, 6) is 0. The highest BCUT2D eigenvalue weighted by molar-refractivity contribution is 4.72. The summed E-state index contributed by atoms with van der Waals surface area (Å²) in [6, 6.07) is 0.204. The van der Waals surface area contributed by atoms with Gasteiger partial charge in [0.1, 0.15) is 0 Å². The summed E-state index contributed by atoms with van der Waals surface area (Å²) in [5.41, 5.74) is 0. The van der Waals surface area contributed by atoms with Gasteiger partial charge in [-0.25, -0.2) is 0 Å². The van der Waals surface area contributed by atoms with Crippen molar-refractivity contribution in [3.8, 4) is 0 Å². The quantitative estimate of drug-likeness (QED) is 0.714. The third-order valence-corrected chi connectivity index (χ3v) is 2.59. The Kier molecular flexibility index (Phi) is 5.51. The standard InChI is InChI=1S/C10H19F3N2O/c1-9(8-15-5-2-3-6-15)14-4-7-16-10(11,12)13/h9,14H,2-8H2,1H3. The smallest absolute Gasteiger partial charge is 0.311 e. The van der Waals surface area contributed by atoms with Gasteiger partial charge >= 0.3 is 6.36 Å². The van der Waals surface area contributed by atoms with Crippen LogP contribution in [0.25, 0.3) is 0 Å². The first-order chi connectivity index (χ1) is 7.47. The maximum atomic E-state index is 11.6. The van der Waals surface area contributed by atoms with E-state index in [9.17, 15) is 13.2 Å². The highest BCUT2D eigenvalue weighted by atomic mass is 19.4. The van der Waals surface area contributed by atoms with Crippen molar-refractivity contribution < 1.29 is 17.9 Å². The van der Waals surface area contributed by atoms with Gasteiger partial charge in [0, 0.05) is 19.1 Å². The molecular weight excluding hydrogens is 221 g/mol. The fraction of sp³-hybridized carbons (Fsp3) is 1.00. The number of halogens is 3. The molecule has 6 heteroatoms. The molecule has 1 aliphatic heterocycles. The van der Waals surface area contributed by atoms with Crippen LogP contribution in [0, 0.1) is 0 Å². The van der Waals surface area contributed by atoms with Crippen molar-refractivity contribution in [2.75, 3.05) is 32.8 Å². The zero-order valence-corrected chi connectivity index (χ0v) is 9.52. The van der Waals surface area contributed by atoms with Gasteiger partial charge in [0.2, 0.25) is 0 Å². The zero-order valence-electron chi connectivity index (χ0n) is 9.52. The lowest BCUT2D eigenvalue weighted by atomic mass is 10.3. The summed E-state index contributed by atoms with van der Waals surface area (Å²) < 4.78 is 38.6. The van der Waals surface area contributed by atoms with Gasteiger partial charge in [-0.3, -0.25) is 4.74 Å². The van der Waals surface area contributed by atoms with Gasteiger partial charge in [-0.05, 0) is 32.9 Å². The molecule has 0 radical (unpaired) electrons. The normalized spacial score (nSPS) is 20.2. The SMILES string of the molecule is CC(CN1CCCC1)NCCOC(F)(F)F. The van der Waals surface area contributed by atoms with Crippen LogP contribution in [-0.2, 0) is 4.74 Å². The summed E-state index contributed by atoms with van der Waals surface area (Å²) >= 11 is 0. The van der Waals surface area contributed by atoms with Crippen molar-refractivity contribution in [2.24, 2.45) is 0 Å². The van der Waals surface area contributed by atoms with Gasteiger partial charge in [-0.15, -0.1) is 13.2 Å². The minimum absolute atomic E-state index is 0.204. The molecule has 0 aromatic heterocycles. The molecule has 1 fully saturated rings. The number of alkyl halides is 3. The first-order valence-electron chi connectivity index (χ1n) is 5.64. The van der Waals surface area contributed by atoms with E-state index in [0.717, 1.165) is 19.6 Å². The summed E-state index contributed by atoms with van der Waals surface area (Å²) in [6.07, 6.45) is -2.06. The number of likely N-dealkylation sites (tertiary alicyclic amines) is 1. The third-order valence-electron chi connectivity index (χ3n) is 2.59. The number of hydrogen-bond donors (Lipinski definition) is 1. The molecule has 0 amide bonds. The molecule has 1 heterocycles. The molecule has 1 saturated heterocycles. The molecule has 3 nitrogen and oxygen atoms in total. The molecule has 1 aliphatic rings. The molecule has 0 aromatic rings. The van der Waals surface area contributed by atoms with Crippen molar-refractivity contribution in [1.82, 2.24) is 10.2 Å². The summed E-state index contributed by atoms with van der Waals surface area (Å²) in [4.78, 5) is 2.32. The minimum Gasteiger partial charge on any atom is -0.311 e. The number of hydrogen-bond acceptors (Lipinski definition) is 3. The predicted molar refractivity (Wildman–Crippen MR) is 55.1 cm³/mol. The molecule has 0 aliphatic carbocycles. The average Bonchev–Trinajstić information content (AvgIpc) is 2.63. The number of ether oxygens (including phenoxy) is 1. The largest absolute Gasteiger partial charge is 0.522 e. The number of nitrogens with one attached hydrogen (secondary N) is 1. The van der Waals surface area contributed by atoms with Gasteiger partial charge in [0.15, 0.2) is 0 Å². The molecule has 0 spiro atoms. The van der Waals surface area contributed by atoms with E-state index in [1.807, 2.05) is 6.92 Å². The predicted octanol–water partition coefficient (Wildman–Crippen LogP) is 1.60. The Morgan fingerprint density at radius 1 is 1.31 bits per heavy atom. The maximum Gasteiger partial charge on any atom is 0.522 e. The Hall–Kier alpha value is -0.330. The topological polar surface area (TPSA) is 24.5 Å². The third kappa shape index (κ3) is 6.30. The van der Waals surface area contributed by atoms with Crippen molar-refractivity contribution in [1.29, 1.82) is 0 Å². The van der Waals surface area contributed by atoms with E-state index >= 15 is 0 Å². The van der Waals surface area contributed by atoms with Crippen LogP contribution >= 0.6 is 0 Å². The molecule has 1 unspecified atom stereocenters. The molecule has 1 rings (SSSR count). The molecule has 0 saturated carbocycles. The Labute approximate surface area is 93.9 Å². The van der Waals surface area contributed by atoms with E-state index in [-0.39, 0.29) is 19.2 Å². The van der Waals surface area contributed by atoms with E-state index in [4.69, 9.17) is 0 Å². The first kappa shape index (κ1) is 13.7. The van der Waals surface area contributed by atoms with Gasteiger partial charge < -0.3 is 10.2 Å². The van der Waals surface area contributed by atoms with E-state index in [1.54, 1.807) is 0 Å². The van der Waals surface area contributed by atoms with Crippen LogP contribution in [0.5, 0.6) is 0 Å². The van der Waals surface area contributed by atoms with Crippen molar-refractivity contribution >= 4 is 0 Å². The van der Waals surface area contributed by atoms with Crippen LogP contribution in [0.4, 0.5) is 13.2 Å². The number of nitrogens with zero attached hydrogens (tertiary/aromatic N) is 1. The fourth-order valence-electron chi connectivity index (χ4n) is 1.89. The Bertz CT molecular complexity index is 193. The van der Waals surface area contributed by atoms with Gasteiger partial charge in [0.05, 0.1) is 6.61 Å². The monoisotopic (exact) mass is 240 g/mol. The molecule has 1 N–H and O–H groups in total. The lowest BCUT2D eigenvalue weighted by Gasteiger charge is -2.21. The number of rotatable bonds is 6. The van der Waals surface area contributed by atoms with Crippen molar-refractivity contribution in [3.05, 3.63) is 0 Å². The molecular formula is C10H19F3N2O. The molecule has 16 heavy (non-hydrogen) atoms. The van der Waals surface area contributed by atoms with Crippen LogP contribution in [0.2, 0.25) is 0 Å². The lowest BCUT2D eigenvalue weighted by Crippen LogP contribution is -2.39. The summed E-state index contributed by atoms with van der Waals surface area (Å²) in [7, 11) is 0. The molecule has 0 aromatic carbocycles. The van der Waals surface area contributed by atoms with Gasteiger partial charge in [-0.2, -0.15) is 0 Å². The Morgan fingerprint density at radius 2 is 1.94 bits per heavy atom. The molecule has 1 atom stereocenters. The van der Waals surface area contributed by atoms with Crippen molar-refractivity contribution in [3.63, 3.8) is 0 Å². The average molecular weight is 240 g/mol. The second-order valence-corrected chi connectivity index (χ2v) is 4.16. The van der Waals surface area contributed by atoms with E-state index in [0.29, 0.717) is 0 Å². The van der Waals surface area contributed by atoms with E-state index < -0.39 is 6.36 Å². The highest BCUT2D eigenvalue weighted by Gasteiger charge is 2.28. The first-order valence-corrected chi connectivity index (χ1v) is 5.64. The fourth-order valence-corrected chi connectivity index (χ4v) is 1.89. The van der Waals surface area contributed by atoms with Crippen LogP contribution in [0.3, 0.4) is 0 Å². The van der Waals surface area contributed by atoms with Crippen LogP contribution in [0.15, 0.2) is 0 Å². The second-order valence-electron chi connectivity index (χ2n) is 4.16. The van der Waals surface area contributed by atoms with Crippen LogP contribution < -0.4 is 5.32 Å². The van der Waals surface area contributed by atoms with Gasteiger partial charge in [0.25, 0.3) is 0 Å². The zero-order chi connectivity index (χ0) is 12.0. The second kappa shape index (κ2) is 6.42. The summed E-state index contributed by atoms with van der Waals surface area (Å²) in [5, 5.41) is 3.02. The summed E-state index contributed by atoms with van der Waals surface area (Å²) in [6.45, 7) is 4.98. The van der Waals surface area contributed by atoms with E-state index in [1.165, 1.54) is 12.8 Å². The van der Waals surface area contributed by atoms with Crippen LogP contribution in [0.1, 0.15) is 19.8 Å². The van der Waals surface area contributed by atoms with Gasteiger partial charge in [-0.1, -0.05) is 0 Å². The molecule has 96 valence electrons. The lowest BCUT2D eigenvalue weighted by molar-refractivity contribution is -0.323. The minimum atomic E-state index is -4.51. The van der Waals surface area contributed by atoms with E-state index in [2.05, 4.69) is 15.0 Å².